The smallest absolute Gasteiger partial charge is 0.478 e. The van der Waals surface area contributed by atoms with Crippen LogP contribution in [0.5, 0.6) is 0 Å². The van der Waals surface area contributed by atoms with Crippen LogP contribution in [-0.4, -0.2) is 35.8 Å². The van der Waals surface area contributed by atoms with Crippen LogP contribution in [0.15, 0.2) is 12.2 Å². The van der Waals surface area contributed by atoms with Gasteiger partial charge in [-0.15, -0.1) is 13.2 Å². The van der Waals surface area contributed by atoms with Crippen LogP contribution in [0.1, 0.15) is 12.8 Å². The maximum Gasteiger partial charge on any atom is 0.527 e. The summed E-state index contributed by atoms with van der Waals surface area (Å²) in [6, 6.07) is 0. The molecule has 13 heteroatoms. The van der Waals surface area contributed by atoms with E-state index in [0.29, 0.717) is 0 Å². The van der Waals surface area contributed by atoms with Gasteiger partial charge in [0.1, 0.15) is 0 Å². The summed E-state index contributed by atoms with van der Waals surface area (Å²) in [6.45, 7) is 2.75. The van der Waals surface area contributed by atoms with Crippen LogP contribution in [0.4, 0.5) is 39.5 Å². The van der Waals surface area contributed by atoms with Crippen LogP contribution < -0.4 is 0 Å². The van der Waals surface area contributed by atoms with Crippen LogP contribution in [0.2, 0.25) is 0 Å². The highest BCUT2D eigenvalue weighted by atomic mass is 19.4. The van der Waals surface area contributed by atoms with Crippen LogP contribution >= 0.6 is 0 Å². The molecule has 0 saturated carbocycles. The Morgan fingerprint density at radius 1 is 0.909 bits per heavy atom. The summed E-state index contributed by atoms with van der Waals surface area (Å²) in [5.74, 6) is -1.77. The van der Waals surface area contributed by atoms with E-state index in [1.165, 1.54) is 0 Å². The Balaban J connectivity index is 4.93. The molecule has 0 heterocycles. The first-order valence-electron chi connectivity index (χ1n) is 5.01. The molecule has 0 fully saturated rings. The molecule has 0 unspecified atom stereocenters. The number of aliphatic carboxylic acids is 1. The van der Waals surface area contributed by atoms with E-state index in [2.05, 4.69) is 11.3 Å². The van der Waals surface area contributed by atoms with E-state index >= 15 is 0 Å². The Labute approximate surface area is 116 Å². The summed E-state index contributed by atoms with van der Waals surface area (Å²) in [5, 5.41) is 8.27. The number of carbonyl (C=O) groups is 1. The molecule has 0 radical (unpaired) electrons. The second-order valence-electron chi connectivity index (χ2n) is 3.73. The Morgan fingerprint density at radius 2 is 1.32 bits per heavy atom. The Hall–Kier alpha value is -1.50. The van der Waals surface area contributed by atoms with Gasteiger partial charge in [0.05, 0.1) is 0 Å². The first-order valence-corrected chi connectivity index (χ1v) is 5.01. The summed E-state index contributed by atoms with van der Waals surface area (Å²) in [4.78, 5) is 10.2. The van der Waals surface area contributed by atoms with E-state index in [1.807, 2.05) is 0 Å². The number of halogens is 9. The fourth-order valence-corrected chi connectivity index (χ4v) is 0.906. The molecule has 0 aromatic carbocycles. The highest BCUT2D eigenvalue weighted by Gasteiger charge is 2.67. The molecule has 22 heavy (non-hydrogen) atoms. The van der Waals surface area contributed by atoms with Gasteiger partial charge in [0, 0.05) is 12.0 Å². The summed E-state index contributed by atoms with van der Waals surface area (Å²) in [7, 11) is 0. The minimum atomic E-state index is -6.43. The summed E-state index contributed by atoms with van der Waals surface area (Å²) >= 11 is 0. The van der Waals surface area contributed by atoms with Crippen LogP contribution in [0, 0.1) is 0 Å². The molecule has 0 saturated heterocycles. The molecule has 0 aliphatic heterocycles. The third-order valence-corrected chi connectivity index (χ3v) is 1.88. The number of alkyl halides is 9. The highest BCUT2D eigenvalue weighted by molar-refractivity contribution is 5.85. The zero-order valence-corrected chi connectivity index (χ0v) is 10.2. The van der Waals surface area contributed by atoms with Crippen LogP contribution in [0.25, 0.3) is 0 Å². The second-order valence-corrected chi connectivity index (χ2v) is 3.73. The fraction of sp³-hybridized carbons (Fsp3) is 0.667. The van der Waals surface area contributed by atoms with Crippen LogP contribution in [0.3, 0.4) is 0 Å². The normalized spacial score (nSPS) is 14.0. The summed E-state index contributed by atoms with van der Waals surface area (Å²) in [5.41, 5.74) is -0.884. The quantitative estimate of drug-likeness (QED) is 0.535. The molecule has 0 spiro atoms. The lowest BCUT2D eigenvalue weighted by molar-refractivity contribution is -0.529. The highest BCUT2D eigenvalue weighted by Crippen LogP contribution is 2.44. The van der Waals surface area contributed by atoms with E-state index in [9.17, 15) is 44.3 Å². The molecular weight excluding hydrogens is 343 g/mol. The van der Waals surface area contributed by atoms with Crippen molar-refractivity contribution < 1.29 is 58.9 Å². The van der Waals surface area contributed by atoms with E-state index in [1.54, 1.807) is 4.74 Å². The number of carboxylic acid groups (broad SMARTS) is 1. The van der Waals surface area contributed by atoms with Crippen molar-refractivity contribution in [1.82, 2.24) is 0 Å². The molecule has 0 aromatic rings. The minimum absolute atomic E-state index is 0.884. The zero-order valence-electron chi connectivity index (χ0n) is 10.2. The maximum absolute atomic E-state index is 12.9. The molecule has 0 bridgehead atoms. The fourth-order valence-electron chi connectivity index (χ4n) is 0.906. The molecule has 0 aliphatic rings. The average molecular weight is 350 g/mol. The van der Waals surface area contributed by atoms with Crippen LogP contribution in [-0.2, 0) is 14.3 Å². The Kier molecular flexibility index (Phi) is 5.89. The molecule has 4 nitrogen and oxygen atoms in total. The standard InChI is InChI=1S/C9H7F9O4/c1-4(5(19)20)2-3-6(10,11)21-7(12,13)8(14,15)22-9(16,17)18/h1-3H2,(H,19,20). The molecule has 0 aromatic heterocycles. The molecule has 0 aliphatic carbocycles. The van der Waals surface area contributed by atoms with Gasteiger partial charge in [-0.1, -0.05) is 6.58 Å². The van der Waals surface area contributed by atoms with Crippen molar-refractivity contribution in [3.63, 3.8) is 0 Å². The minimum Gasteiger partial charge on any atom is -0.478 e. The first-order chi connectivity index (χ1) is 9.49. The first kappa shape index (κ1) is 20.5. The van der Waals surface area contributed by atoms with Crippen molar-refractivity contribution in [2.24, 2.45) is 0 Å². The number of hydrogen-bond donors (Lipinski definition) is 1. The van der Waals surface area contributed by atoms with Gasteiger partial charge < -0.3 is 5.11 Å². The molecule has 0 amide bonds. The lowest BCUT2D eigenvalue weighted by Gasteiger charge is -2.29. The topological polar surface area (TPSA) is 55.8 Å². The van der Waals surface area contributed by atoms with Gasteiger partial charge in [-0.2, -0.15) is 26.3 Å². The zero-order chi connectivity index (χ0) is 18.0. The van der Waals surface area contributed by atoms with Crippen molar-refractivity contribution in [2.75, 3.05) is 0 Å². The van der Waals surface area contributed by atoms with Crippen molar-refractivity contribution in [2.45, 2.75) is 37.5 Å². The predicted molar refractivity (Wildman–Crippen MR) is 49.1 cm³/mol. The second kappa shape index (κ2) is 6.32. The van der Waals surface area contributed by atoms with Crippen molar-refractivity contribution in [1.29, 1.82) is 0 Å². The van der Waals surface area contributed by atoms with Gasteiger partial charge >= 0.3 is 30.7 Å². The van der Waals surface area contributed by atoms with E-state index < -0.39 is 49.1 Å². The average Bonchev–Trinajstić information content (AvgIpc) is 2.20. The third kappa shape index (κ3) is 6.51. The largest absolute Gasteiger partial charge is 0.527 e. The lowest BCUT2D eigenvalue weighted by atomic mass is 10.1. The Morgan fingerprint density at radius 3 is 1.68 bits per heavy atom. The molecule has 130 valence electrons. The van der Waals surface area contributed by atoms with Gasteiger partial charge in [-0.25, -0.2) is 14.3 Å². The Bertz CT molecular complexity index is 429. The number of hydrogen-bond acceptors (Lipinski definition) is 3. The maximum atomic E-state index is 12.9. The number of rotatable bonds is 8. The van der Waals surface area contributed by atoms with E-state index in [-0.39, 0.29) is 0 Å². The van der Waals surface area contributed by atoms with Crippen molar-refractivity contribution in [3.8, 4) is 0 Å². The summed E-state index contributed by atoms with van der Waals surface area (Å²) in [6.07, 6.45) is -27.1. The molecule has 0 rings (SSSR count). The molecule has 0 atom stereocenters. The van der Waals surface area contributed by atoms with Gasteiger partial charge in [-0.05, 0) is 6.42 Å². The third-order valence-electron chi connectivity index (χ3n) is 1.88. The van der Waals surface area contributed by atoms with Gasteiger partial charge in [0.15, 0.2) is 0 Å². The predicted octanol–water partition coefficient (Wildman–Crippen LogP) is 3.74. The van der Waals surface area contributed by atoms with Gasteiger partial charge in [0.25, 0.3) is 0 Å². The number of carboxylic acids is 1. The van der Waals surface area contributed by atoms with Gasteiger partial charge in [0.2, 0.25) is 0 Å². The molecular formula is C9H7F9O4. The SMILES string of the molecule is C=C(CCC(F)(F)OC(F)(F)C(F)(F)OC(F)(F)F)C(=O)O. The van der Waals surface area contributed by atoms with Crippen molar-refractivity contribution in [3.05, 3.63) is 12.2 Å². The van der Waals surface area contributed by atoms with Crippen molar-refractivity contribution >= 4 is 5.97 Å². The monoisotopic (exact) mass is 350 g/mol. The number of ether oxygens (including phenoxy) is 2. The van der Waals surface area contributed by atoms with Gasteiger partial charge in [-0.3, -0.25) is 0 Å². The molecule has 1 N–H and O–H groups in total. The lowest BCUT2D eigenvalue weighted by Crippen LogP contribution is -2.51. The summed E-state index contributed by atoms with van der Waals surface area (Å²) < 4.78 is 115. The van der Waals surface area contributed by atoms with E-state index in [0.717, 1.165) is 0 Å². The van der Waals surface area contributed by atoms with E-state index in [4.69, 9.17) is 5.11 Å².